The zero-order valence-corrected chi connectivity index (χ0v) is 18.7. The summed E-state index contributed by atoms with van der Waals surface area (Å²) in [4.78, 5) is 42.7. The van der Waals surface area contributed by atoms with Gasteiger partial charge in [0.25, 0.3) is 11.8 Å². The van der Waals surface area contributed by atoms with Gasteiger partial charge in [-0.3, -0.25) is 24.4 Å². The number of anilines is 2. The van der Waals surface area contributed by atoms with Crippen LogP contribution in [0.15, 0.2) is 48.7 Å². The summed E-state index contributed by atoms with van der Waals surface area (Å²) >= 11 is 0. The topological polar surface area (TPSA) is 117 Å². The maximum Gasteiger partial charge on any atom is 0.264 e. The van der Waals surface area contributed by atoms with E-state index in [1.165, 1.54) is 14.2 Å². The number of hydrogen-bond donors (Lipinski definition) is 2. The Bertz CT molecular complexity index is 1270. The Kier molecular flexibility index (Phi) is 5.40. The second kappa shape index (κ2) is 8.54. The van der Waals surface area contributed by atoms with Crippen molar-refractivity contribution >= 4 is 29.2 Å². The predicted octanol–water partition coefficient (Wildman–Crippen LogP) is 2.96. The minimum Gasteiger partial charge on any atom is -0.493 e. The Labute approximate surface area is 195 Å². The van der Waals surface area contributed by atoms with Gasteiger partial charge in [0.2, 0.25) is 5.91 Å². The number of amides is 3. The van der Waals surface area contributed by atoms with Gasteiger partial charge in [0.15, 0.2) is 11.5 Å². The molecule has 0 fully saturated rings. The molecular weight excluding hydrogens is 438 g/mol. The number of methoxy groups -OCH3 is 2. The van der Waals surface area contributed by atoms with E-state index >= 15 is 0 Å². The average molecular weight is 461 g/mol. The van der Waals surface area contributed by atoms with E-state index in [1.54, 1.807) is 58.5 Å². The summed E-state index contributed by atoms with van der Waals surface area (Å²) in [6, 6.07) is 12.2. The summed E-state index contributed by atoms with van der Waals surface area (Å²) in [5, 5.41) is 9.21. The largest absolute Gasteiger partial charge is 0.493 e. The molecule has 34 heavy (non-hydrogen) atoms. The molecule has 0 unspecified atom stereocenters. The molecule has 2 aromatic carbocycles. The number of H-pyrrole nitrogens is 1. The van der Waals surface area contributed by atoms with Crippen molar-refractivity contribution in [2.45, 2.75) is 19.0 Å². The molecule has 3 heterocycles. The van der Waals surface area contributed by atoms with E-state index in [2.05, 4.69) is 15.5 Å². The summed E-state index contributed by atoms with van der Waals surface area (Å²) in [5.74, 6) is 0.633. The molecule has 10 nitrogen and oxygen atoms in total. The lowest BCUT2D eigenvalue weighted by molar-refractivity contribution is -0.116. The summed E-state index contributed by atoms with van der Waals surface area (Å²) in [6.45, 7) is 0.284. The van der Waals surface area contributed by atoms with Crippen molar-refractivity contribution in [3.63, 3.8) is 0 Å². The standard InChI is InChI=1S/C24H23N5O5/c1-33-17-10-9-15-20(21(17)34-2)24(32)29-16-7-4-3-6-14(16)23(31)28(22(15)29)13-5-8-19(30)26-18-11-12-25-27-18/h3-4,6-7,9-12,22H,5,8,13H2,1-2H3,(H2,25,26,27,30)/t22-/m0/s1. The van der Waals surface area contributed by atoms with Gasteiger partial charge in [0, 0.05) is 24.6 Å². The van der Waals surface area contributed by atoms with E-state index < -0.39 is 6.17 Å². The van der Waals surface area contributed by atoms with Crippen LogP contribution in [0, 0.1) is 0 Å². The summed E-state index contributed by atoms with van der Waals surface area (Å²) in [5.41, 5.74) is 2.02. The quantitative estimate of drug-likeness (QED) is 0.559. The van der Waals surface area contributed by atoms with Crippen LogP contribution in [0.2, 0.25) is 0 Å². The van der Waals surface area contributed by atoms with Crippen molar-refractivity contribution < 1.29 is 23.9 Å². The number of rotatable bonds is 7. The number of hydrogen-bond acceptors (Lipinski definition) is 6. The SMILES string of the molecule is COc1ccc2c(c1OC)C(=O)N1c3ccccc3C(=O)N(CCCC(=O)Nc3ccn[nH]3)[C@H]21. The van der Waals surface area contributed by atoms with E-state index in [0.29, 0.717) is 46.1 Å². The first-order chi connectivity index (χ1) is 16.5. The third-order valence-electron chi connectivity index (χ3n) is 6.06. The summed E-state index contributed by atoms with van der Waals surface area (Å²) in [7, 11) is 2.99. The molecule has 2 aliphatic heterocycles. The van der Waals surface area contributed by atoms with Gasteiger partial charge in [0.1, 0.15) is 12.0 Å². The Hall–Kier alpha value is -4.34. The van der Waals surface area contributed by atoms with Gasteiger partial charge in [-0.25, -0.2) is 0 Å². The summed E-state index contributed by atoms with van der Waals surface area (Å²) in [6.07, 6.45) is 1.52. The number of carbonyl (C=O) groups is 3. The number of carbonyl (C=O) groups excluding carboxylic acids is 3. The predicted molar refractivity (Wildman–Crippen MR) is 123 cm³/mol. The molecule has 10 heteroatoms. The Morgan fingerprint density at radius 2 is 1.91 bits per heavy atom. The molecule has 0 saturated heterocycles. The molecule has 0 saturated carbocycles. The first-order valence-electron chi connectivity index (χ1n) is 10.8. The van der Waals surface area contributed by atoms with Crippen molar-refractivity contribution in [1.29, 1.82) is 0 Å². The minimum absolute atomic E-state index is 0.193. The number of ether oxygens (including phenoxy) is 2. The first-order valence-corrected chi connectivity index (χ1v) is 10.8. The van der Waals surface area contributed by atoms with Gasteiger partial charge < -0.3 is 19.7 Å². The third kappa shape index (κ3) is 3.35. The van der Waals surface area contributed by atoms with Crippen LogP contribution in [-0.2, 0) is 4.79 Å². The molecule has 2 N–H and O–H groups in total. The number of aromatic amines is 1. The highest BCUT2D eigenvalue weighted by Gasteiger charge is 2.49. The van der Waals surface area contributed by atoms with Crippen molar-refractivity contribution in [3.8, 4) is 11.5 Å². The number of fused-ring (bicyclic) bond motifs is 5. The highest BCUT2D eigenvalue weighted by molar-refractivity contribution is 6.18. The zero-order chi connectivity index (χ0) is 23.8. The maximum absolute atomic E-state index is 13.6. The van der Waals surface area contributed by atoms with Crippen molar-refractivity contribution in [1.82, 2.24) is 15.1 Å². The highest BCUT2D eigenvalue weighted by atomic mass is 16.5. The van der Waals surface area contributed by atoms with Crippen LogP contribution in [0.4, 0.5) is 11.5 Å². The van der Waals surface area contributed by atoms with E-state index in [0.717, 1.165) is 0 Å². The number of aromatic nitrogens is 2. The van der Waals surface area contributed by atoms with Crippen LogP contribution in [-0.4, -0.2) is 53.6 Å². The number of benzene rings is 2. The first kappa shape index (κ1) is 21.5. The molecule has 1 aromatic heterocycles. The van der Waals surface area contributed by atoms with Crippen LogP contribution >= 0.6 is 0 Å². The molecule has 0 radical (unpaired) electrons. The molecule has 3 amide bonds. The zero-order valence-electron chi connectivity index (χ0n) is 18.7. The van der Waals surface area contributed by atoms with Crippen molar-refractivity contribution in [2.24, 2.45) is 0 Å². The van der Waals surface area contributed by atoms with Gasteiger partial charge in [-0.05, 0) is 24.6 Å². The fourth-order valence-electron chi connectivity index (χ4n) is 4.60. The number of nitrogens with zero attached hydrogens (tertiary/aromatic N) is 3. The second-order valence-electron chi connectivity index (χ2n) is 7.95. The highest BCUT2D eigenvalue weighted by Crippen LogP contribution is 2.49. The fraction of sp³-hybridized carbons (Fsp3) is 0.250. The van der Waals surface area contributed by atoms with Crippen molar-refractivity contribution in [2.75, 3.05) is 31.0 Å². The molecule has 2 aliphatic rings. The fourth-order valence-corrected chi connectivity index (χ4v) is 4.60. The lowest BCUT2D eigenvalue weighted by Crippen LogP contribution is -2.48. The normalized spacial score (nSPS) is 16.1. The molecule has 5 rings (SSSR count). The molecule has 0 spiro atoms. The van der Waals surface area contributed by atoms with Crippen LogP contribution in [0.3, 0.4) is 0 Å². The Morgan fingerprint density at radius 1 is 1.09 bits per heavy atom. The van der Waals surface area contributed by atoms with Crippen LogP contribution in [0.1, 0.15) is 45.3 Å². The van der Waals surface area contributed by atoms with Crippen LogP contribution < -0.4 is 19.7 Å². The Morgan fingerprint density at radius 3 is 2.65 bits per heavy atom. The molecule has 1 atom stereocenters. The average Bonchev–Trinajstić information content (AvgIpc) is 3.46. The van der Waals surface area contributed by atoms with Crippen LogP contribution in [0.5, 0.6) is 11.5 Å². The van der Waals surface area contributed by atoms with Gasteiger partial charge in [-0.1, -0.05) is 18.2 Å². The molecule has 3 aromatic rings. The van der Waals surface area contributed by atoms with E-state index in [1.807, 2.05) is 0 Å². The number of para-hydroxylation sites is 1. The van der Waals surface area contributed by atoms with E-state index in [4.69, 9.17) is 9.47 Å². The van der Waals surface area contributed by atoms with Gasteiger partial charge in [0.05, 0.1) is 37.2 Å². The van der Waals surface area contributed by atoms with E-state index in [-0.39, 0.29) is 30.7 Å². The van der Waals surface area contributed by atoms with Gasteiger partial charge in [-0.2, -0.15) is 5.10 Å². The Balaban J connectivity index is 1.48. The molecule has 0 aliphatic carbocycles. The van der Waals surface area contributed by atoms with Crippen molar-refractivity contribution in [3.05, 3.63) is 65.4 Å². The minimum atomic E-state index is -0.639. The third-order valence-corrected chi connectivity index (χ3v) is 6.06. The lowest BCUT2D eigenvalue weighted by Gasteiger charge is -2.41. The molecular formula is C24H23N5O5. The molecule has 0 bridgehead atoms. The van der Waals surface area contributed by atoms with Gasteiger partial charge >= 0.3 is 0 Å². The second-order valence-corrected chi connectivity index (χ2v) is 7.95. The number of nitrogens with one attached hydrogen (secondary N) is 2. The lowest BCUT2D eigenvalue weighted by atomic mass is 10.0. The monoisotopic (exact) mass is 461 g/mol. The van der Waals surface area contributed by atoms with Crippen LogP contribution in [0.25, 0.3) is 0 Å². The maximum atomic E-state index is 13.6. The smallest absolute Gasteiger partial charge is 0.264 e. The van der Waals surface area contributed by atoms with Gasteiger partial charge in [-0.15, -0.1) is 0 Å². The summed E-state index contributed by atoms with van der Waals surface area (Å²) < 4.78 is 10.9. The van der Waals surface area contributed by atoms with E-state index in [9.17, 15) is 14.4 Å². The molecule has 174 valence electrons.